The predicted molar refractivity (Wildman–Crippen MR) is 95.1 cm³/mol. The van der Waals surface area contributed by atoms with Gasteiger partial charge in [-0.15, -0.1) is 0 Å². The van der Waals surface area contributed by atoms with E-state index in [9.17, 15) is 9.18 Å². The zero-order chi connectivity index (χ0) is 17.8. The Morgan fingerprint density at radius 1 is 1.20 bits per heavy atom. The number of para-hydroxylation sites is 1. The minimum Gasteiger partial charge on any atom is -0.336 e. The fourth-order valence-electron chi connectivity index (χ4n) is 2.46. The Morgan fingerprint density at radius 2 is 1.92 bits per heavy atom. The highest BCUT2D eigenvalue weighted by molar-refractivity contribution is 6.30. The molecule has 0 saturated carbocycles. The van der Waals surface area contributed by atoms with Crippen LogP contribution in [-0.2, 0) is 7.05 Å². The lowest BCUT2D eigenvalue weighted by atomic mass is 10.1. The Hall–Kier alpha value is -2.86. The van der Waals surface area contributed by atoms with Gasteiger partial charge in [-0.05, 0) is 29.8 Å². The molecule has 7 heteroatoms. The van der Waals surface area contributed by atoms with Crippen LogP contribution in [0.3, 0.4) is 0 Å². The largest absolute Gasteiger partial charge is 0.336 e. The van der Waals surface area contributed by atoms with Crippen molar-refractivity contribution in [3.8, 4) is 0 Å². The van der Waals surface area contributed by atoms with E-state index < -0.39 is 17.9 Å². The van der Waals surface area contributed by atoms with Crippen LogP contribution in [0.25, 0.3) is 0 Å². The topological polar surface area (TPSA) is 59.0 Å². The zero-order valence-corrected chi connectivity index (χ0v) is 14.2. The minimum atomic E-state index is -0.534. The number of aryl methyl sites for hydroxylation is 1. The van der Waals surface area contributed by atoms with Crippen molar-refractivity contribution in [3.05, 3.63) is 83.2 Å². The van der Waals surface area contributed by atoms with Crippen LogP contribution >= 0.6 is 11.6 Å². The van der Waals surface area contributed by atoms with E-state index in [4.69, 9.17) is 11.6 Å². The molecule has 1 atom stereocenters. The van der Waals surface area contributed by atoms with Crippen molar-refractivity contribution in [3.63, 3.8) is 0 Å². The van der Waals surface area contributed by atoms with Gasteiger partial charge in [0.25, 0.3) is 0 Å². The van der Waals surface area contributed by atoms with Crippen LogP contribution in [0.1, 0.15) is 17.4 Å². The number of carbonyl (C=O) groups excluding carboxylic acids is 1. The van der Waals surface area contributed by atoms with E-state index in [0.717, 1.165) is 5.56 Å². The Labute approximate surface area is 149 Å². The van der Waals surface area contributed by atoms with E-state index in [1.54, 1.807) is 36.7 Å². The van der Waals surface area contributed by atoms with Crippen molar-refractivity contribution in [2.45, 2.75) is 6.04 Å². The van der Waals surface area contributed by atoms with Crippen molar-refractivity contribution in [2.75, 3.05) is 5.32 Å². The first kappa shape index (κ1) is 17.0. The highest BCUT2D eigenvalue weighted by atomic mass is 35.5. The van der Waals surface area contributed by atoms with Gasteiger partial charge < -0.3 is 15.2 Å². The van der Waals surface area contributed by atoms with E-state index in [1.165, 1.54) is 12.1 Å². The van der Waals surface area contributed by atoms with E-state index in [2.05, 4.69) is 15.6 Å². The van der Waals surface area contributed by atoms with Gasteiger partial charge in [0, 0.05) is 24.5 Å². The second-order valence-corrected chi connectivity index (χ2v) is 5.90. The average molecular weight is 359 g/mol. The number of amides is 2. The van der Waals surface area contributed by atoms with Gasteiger partial charge in [-0.1, -0.05) is 35.9 Å². The number of hydrogen-bond acceptors (Lipinski definition) is 2. The van der Waals surface area contributed by atoms with Crippen LogP contribution in [0.15, 0.2) is 60.9 Å². The number of carbonyl (C=O) groups is 1. The molecule has 3 rings (SSSR count). The molecule has 2 amide bonds. The van der Waals surface area contributed by atoms with E-state index in [1.807, 2.05) is 23.7 Å². The molecule has 0 fully saturated rings. The van der Waals surface area contributed by atoms with Crippen molar-refractivity contribution in [1.82, 2.24) is 14.9 Å². The summed E-state index contributed by atoms with van der Waals surface area (Å²) in [6.07, 6.45) is 3.43. The molecule has 0 spiro atoms. The number of nitrogens with one attached hydrogen (secondary N) is 2. The monoisotopic (exact) mass is 358 g/mol. The first-order chi connectivity index (χ1) is 12.0. The van der Waals surface area contributed by atoms with Gasteiger partial charge in [0.05, 0.1) is 5.69 Å². The average Bonchev–Trinajstić information content (AvgIpc) is 3.01. The van der Waals surface area contributed by atoms with Gasteiger partial charge in [0.1, 0.15) is 17.7 Å². The fourth-order valence-corrected chi connectivity index (χ4v) is 2.59. The molecular weight excluding hydrogens is 343 g/mol. The first-order valence-electron chi connectivity index (χ1n) is 7.59. The van der Waals surface area contributed by atoms with E-state index >= 15 is 0 Å². The number of nitrogens with zero attached hydrogens (tertiary/aromatic N) is 2. The molecular formula is C18H16ClFN4O. The molecule has 1 unspecified atom stereocenters. The zero-order valence-electron chi connectivity index (χ0n) is 13.4. The molecule has 0 aliphatic rings. The number of benzene rings is 2. The lowest BCUT2D eigenvalue weighted by molar-refractivity contribution is 0.249. The molecule has 1 aromatic heterocycles. The molecule has 2 aromatic carbocycles. The summed E-state index contributed by atoms with van der Waals surface area (Å²) in [5, 5.41) is 5.94. The highest BCUT2D eigenvalue weighted by Crippen LogP contribution is 2.22. The van der Waals surface area contributed by atoms with Crippen LogP contribution < -0.4 is 10.6 Å². The maximum Gasteiger partial charge on any atom is 0.320 e. The van der Waals surface area contributed by atoms with Gasteiger partial charge in [-0.3, -0.25) is 0 Å². The van der Waals surface area contributed by atoms with Crippen molar-refractivity contribution in [2.24, 2.45) is 7.05 Å². The summed E-state index contributed by atoms with van der Waals surface area (Å²) in [6.45, 7) is 0. The van der Waals surface area contributed by atoms with E-state index in [-0.39, 0.29) is 5.69 Å². The predicted octanol–water partition coefficient (Wildman–Crippen LogP) is 4.12. The molecule has 0 bridgehead atoms. The van der Waals surface area contributed by atoms with Gasteiger partial charge in [-0.25, -0.2) is 14.2 Å². The molecule has 0 radical (unpaired) electrons. The van der Waals surface area contributed by atoms with Gasteiger partial charge in [0.15, 0.2) is 0 Å². The Morgan fingerprint density at radius 3 is 2.56 bits per heavy atom. The molecule has 0 saturated heterocycles. The third kappa shape index (κ3) is 3.97. The number of hydrogen-bond donors (Lipinski definition) is 2. The first-order valence-corrected chi connectivity index (χ1v) is 7.97. The van der Waals surface area contributed by atoms with Gasteiger partial charge in [-0.2, -0.15) is 0 Å². The third-order valence-corrected chi connectivity index (χ3v) is 3.97. The third-order valence-electron chi connectivity index (χ3n) is 3.72. The number of urea groups is 1. The molecule has 3 aromatic rings. The lowest BCUT2D eigenvalue weighted by Gasteiger charge is -2.19. The maximum absolute atomic E-state index is 13.7. The summed E-state index contributed by atoms with van der Waals surface area (Å²) >= 11 is 5.94. The van der Waals surface area contributed by atoms with Crippen molar-refractivity contribution >= 4 is 23.3 Å². The standard InChI is InChI=1S/C18H16ClFN4O/c1-24-11-10-21-17(24)16(12-6-8-13(19)9-7-12)23-18(25)22-15-5-3-2-4-14(15)20/h2-11,16H,1H3,(H2,22,23,25). The number of anilines is 1. The van der Waals surface area contributed by atoms with E-state index in [0.29, 0.717) is 10.8 Å². The summed E-state index contributed by atoms with van der Waals surface area (Å²) in [4.78, 5) is 16.7. The lowest BCUT2D eigenvalue weighted by Crippen LogP contribution is -2.34. The maximum atomic E-state index is 13.7. The van der Waals surface area contributed by atoms with Crippen LogP contribution in [0, 0.1) is 5.82 Å². The minimum absolute atomic E-state index is 0.106. The molecule has 0 aliphatic heterocycles. The van der Waals surface area contributed by atoms with Crippen LogP contribution in [-0.4, -0.2) is 15.6 Å². The SMILES string of the molecule is Cn1ccnc1C(NC(=O)Nc1ccccc1F)c1ccc(Cl)cc1. The Balaban J connectivity index is 1.85. The summed E-state index contributed by atoms with van der Waals surface area (Å²) in [5.41, 5.74) is 0.914. The van der Waals surface area contributed by atoms with Gasteiger partial charge >= 0.3 is 6.03 Å². The van der Waals surface area contributed by atoms with Crippen LogP contribution in [0.2, 0.25) is 5.02 Å². The Bertz CT molecular complexity index is 879. The summed E-state index contributed by atoms with van der Waals surface area (Å²) < 4.78 is 15.5. The molecule has 25 heavy (non-hydrogen) atoms. The highest BCUT2D eigenvalue weighted by Gasteiger charge is 2.21. The molecule has 128 valence electrons. The van der Waals surface area contributed by atoms with Crippen molar-refractivity contribution < 1.29 is 9.18 Å². The molecule has 2 N–H and O–H groups in total. The van der Waals surface area contributed by atoms with Crippen LogP contribution in [0.4, 0.5) is 14.9 Å². The fraction of sp³-hybridized carbons (Fsp3) is 0.111. The second kappa shape index (κ2) is 7.36. The quantitative estimate of drug-likeness (QED) is 0.737. The summed E-state index contributed by atoms with van der Waals surface area (Å²) in [7, 11) is 1.84. The normalized spacial score (nSPS) is 11.8. The molecule has 5 nitrogen and oxygen atoms in total. The second-order valence-electron chi connectivity index (χ2n) is 5.46. The number of halogens is 2. The summed E-state index contributed by atoms with van der Waals surface area (Å²) in [6, 6.07) is 12.0. The Kier molecular flexibility index (Phi) is 5.00. The molecule has 0 aliphatic carbocycles. The number of imidazole rings is 1. The smallest absolute Gasteiger partial charge is 0.320 e. The van der Waals surface area contributed by atoms with Crippen molar-refractivity contribution in [1.29, 1.82) is 0 Å². The van der Waals surface area contributed by atoms with Gasteiger partial charge in [0.2, 0.25) is 0 Å². The summed E-state index contributed by atoms with van der Waals surface area (Å²) in [5.74, 6) is 0.142. The van der Waals surface area contributed by atoms with Crippen LogP contribution in [0.5, 0.6) is 0 Å². The molecule has 1 heterocycles. The number of aromatic nitrogens is 2. The number of rotatable bonds is 4.